The quantitative estimate of drug-likeness (QED) is 0.827. The van der Waals surface area contributed by atoms with Crippen molar-refractivity contribution in [3.8, 4) is 0 Å². The van der Waals surface area contributed by atoms with Crippen LogP contribution in [0.25, 0.3) is 0 Å². The van der Waals surface area contributed by atoms with Gasteiger partial charge in [0.2, 0.25) is 5.91 Å². The minimum atomic E-state index is 0.313. The van der Waals surface area contributed by atoms with E-state index in [1.807, 2.05) is 13.1 Å². The Bertz CT molecular complexity index is 526. The Morgan fingerprint density at radius 2 is 2.12 bits per heavy atom. The third kappa shape index (κ3) is 5.02. The van der Waals surface area contributed by atoms with Gasteiger partial charge >= 0.3 is 0 Å². The summed E-state index contributed by atoms with van der Waals surface area (Å²) in [6.07, 6.45) is 5.97. The van der Waals surface area contributed by atoms with Gasteiger partial charge in [-0.2, -0.15) is 0 Å². The van der Waals surface area contributed by atoms with Crippen LogP contribution in [0.1, 0.15) is 30.5 Å². The molecule has 1 atom stereocenters. The summed E-state index contributed by atoms with van der Waals surface area (Å²) in [6, 6.07) is 4.24. The van der Waals surface area contributed by atoms with E-state index < -0.39 is 0 Å². The van der Waals surface area contributed by atoms with Gasteiger partial charge in [0.25, 0.3) is 0 Å². The van der Waals surface area contributed by atoms with E-state index >= 15 is 0 Å². The third-order valence-electron chi connectivity index (χ3n) is 5.11. The average Bonchev–Trinajstić information content (AvgIpc) is 2.63. The normalized spacial score (nSPS) is 22.5. The van der Waals surface area contributed by atoms with Crippen LogP contribution >= 0.6 is 0 Å². The Morgan fingerprint density at radius 3 is 2.88 bits per heavy atom. The number of morpholine rings is 1. The van der Waals surface area contributed by atoms with Crippen LogP contribution in [-0.4, -0.2) is 66.6 Å². The Kier molecular flexibility index (Phi) is 6.21. The van der Waals surface area contributed by atoms with E-state index in [1.54, 1.807) is 0 Å². The molecule has 0 radical (unpaired) electrons. The topological polar surface area (TPSA) is 45.7 Å². The molecule has 5 nitrogen and oxygen atoms in total. The molecular weight excluding hydrogens is 302 g/mol. The van der Waals surface area contributed by atoms with Crippen molar-refractivity contribution in [3.05, 3.63) is 29.6 Å². The van der Waals surface area contributed by atoms with E-state index in [0.29, 0.717) is 18.2 Å². The smallest absolute Gasteiger partial charge is 0.223 e. The van der Waals surface area contributed by atoms with Gasteiger partial charge in [-0.3, -0.25) is 14.7 Å². The van der Waals surface area contributed by atoms with Gasteiger partial charge in [0.15, 0.2) is 0 Å². The molecule has 0 aliphatic carbocycles. The summed E-state index contributed by atoms with van der Waals surface area (Å²) in [5.74, 6) is 0.879. The zero-order chi connectivity index (χ0) is 16.8. The largest absolute Gasteiger partial charge is 0.379 e. The molecule has 1 amide bonds. The Morgan fingerprint density at radius 1 is 1.29 bits per heavy atom. The highest BCUT2D eigenvalue weighted by atomic mass is 16.5. The number of piperidine rings is 1. The average molecular weight is 331 g/mol. The molecule has 2 aliphatic heterocycles. The summed E-state index contributed by atoms with van der Waals surface area (Å²) in [5.41, 5.74) is 2.34. The molecule has 132 valence electrons. The van der Waals surface area contributed by atoms with Gasteiger partial charge in [0.05, 0.1) is 13.2 Å². The molecule has 0 spiro atoms. The van der Waals surface area contributed by atoms with Crippen LogP contribution in [0.15, 0.2) is 18.3 Å². The predicted molar refractivity (Wildman–Crippen MR) is 93.9 cm³/mol. The van der Waals surface area contributed by atoms with Crippen LogP contribution in [0.2, 0.25) is 0 Å². The van der Waals surface area contributed by atoms with Crippen molar-refractivity contribution in [1.82, 2.24) is 14.8 Å². The van der Waals surface area contributed by atoms with E-state index in [0.717, 1.165) is 64.5 Å². The number of carbonyl (C=O) groups is 1. The fourth-order valence-corrected chi connectivity index (χ4v) is 3.65. The first-order chi connectivity index (χ1) is 11.7. The van der Waals surface area contributed by atoms with E-state index in [2.05, 4.69) is 26.9 Å². The van der Waals surface area contributed by atoms with Crippen molar-refractivity contribution in [1.29, 1.82) is 0 Å². The van der Waals surface area contributed by atoms with E-state index in [4.69, 9.17) is 4.74 Å². The van der Waals surface area contributed by atoms with Crippen LogP contribution in [0, 0.1) is 12.8 Å². The minimum absolute atomic E-state index is 0.313. The van der Waals surface area contributed by atoms with Gasteiger partial charge < -0.3 is 9.64 Å². The Labute approximate surface area is 145 Å². The van der Waals surface area contributed by atoms with Crippen molar-refractivity contribution < 1.29 is 9.53 Å². The van der Waals surface area contributed by atoms with Crippen molar-refractivity contribution in [2.75, 3.05) is 45.9 Å². The number of hydrogen-bond acceptors (Lipinski definition) is 4. The third-order valence-corrected chi connectivity index (χ3v) is 5.11. The first-order valence-electron chi connectivity index (χ1n) is 9.20. The van der Waals surface area contributed by atoms with Crippen LogP contribution in [0.4, 0.5) is 0 Å². The molecule has 1 aromatic rings. The number of amides is 1. The fourth-order valence-electron chi connectivity index (χ4n) is 3.65. The monoisotopic (exact) mass is 331 g/mol. The molecule has 0 saturated carbocycles. The molecule has 0 aromatic carbocycles. The zero-order valence-corrected chi connectivity index (χ0v) is 14.7. The number of hydrogen-bond donors (Lipinski definition) is 0. The molecule has 2 aliphatic rings. The molecule has 24 heavy (non-hydrogen) atoms. The maximum atomic E-state index is 12.5. The van der Waals surface area contributed by atoms with Crippen LogP contribution < -0.4 is 0 Å². The summed E-state index contributed by atoms with van der Waals surface area (Å²) in [7, 11) is 0. The maximum absolute atomic E-state index is 12.5. The van der Waals surface area contributed by atoms with Crippen LogP contribution in [-0.2, 0) is 16.0 Å². The van der Waals surface area contributed by atoms with E-state index in [-0.39, 0.29) is 0 Å². The zero-order valence-electron chi connectivity index (χ0n) is 14.7. The lowest BCUT2D eigenvalue weighted by molar-refractivity contribution is -0.133. The highest BCUT2D eigenvalue weighted by molar-refractivity contribution is 5.76. The number of aryl methyl sites for hydroxylation is 1. The second-order valence-corrected chi connectivity index (χ2v) is 7.06. The lowest BCUT2D eigenvalue weighted by Gasteiger charge is -2.34. The Hall–Kier alpha value is -1.46. The van der Waals surface area contributed by atoms with Crippen LogP contribution in [0.5, 0.6) is 0 Å². The first kappa shape index (κ1) is 17.4. The lowest BCUT2D eigenvalue weighted by Crippen LogP contribution is -2.43. The van der Waals surface area contributed by atoms with Crippen molar-refractivity contribution >= 4 is 5.91 Å². The van der Waals surface area contributed by atoms with Gasteiger partial charge in [-0.05, 0) is 43.7 Å². The SMILES string of the molecule is Cc1ccc(CC2CCCN(C(=O)CCN3CCOCC3)C2)cn1. The number of aromatic nitrogens is 1. The van der Waals surface area contributed by atoms with Gasteiger partial charge in [0, 0.05) is 51.0 Å². The second kappa shape index (κ2) is 8.58. The van der Waals surface area contributed by atoms with Gasteiger partial charge in [-0.15, -0.1) is 0 Å². The highest BCUT2D eigenvalue weighted by Crippen LogP contribution is 2.21. The van der Waals surface area contributed by atoms with Gasteiger partial charge in [-0.1, -0.05) is 6.07 Å². The summed E-state index contributed by atoms with van der Waals surface area (Å²) in [6.45, 7) is 8.20. The predicted octanol–water partition coefficient (Wildman–Crippen LogP) is 1.89. The molecule has 2 saturated heterocycles. The minimum Gasteiger partial charge on any atom is -0.379 e. The van der Waals surface area contributed by atoms with Crippen molar-refractivity contribution in [2.24, 2.45) is 5.92 Å². The number of likely N-dealkylation sites (tertiary alicyclic amines) is 1. The van der Waals surface area contributed by atoms with E-state index in [1.165, 1.54) is 12.0 Å². The molecule has 1 aromatic heterocycles. The van der Waals surface area contributed by atoms with Crippen molar-refractivity contribution in [2.45, 2.75) is 32.6 Å². The number of carbonyl (C=O) groups excluding carboxylic acids is 1. The molecule has 2 fully saturated rings. The summed E-state index contributed by atoms with van der Waals surface area (Å²) >= 11 is 0. The highest BCUT2D eigenvalue weighted by Gasteiger charge is 2.24. The fraction of sp³-hybridized carbons (Fsp3) is 0.684. The second-order valence-electron chi connectivity index (χ2n) is 7.06. The maximum Gasteiger partial charge on any atom is 0.223 e. The number of nitrogens with zero attached hydrogens (tertiary/aromatic N) is 3. The summed E-state index contributed by atoms with van der Waals surface area (Å²) in [4.78, 5) is 21.3. The van der Waals surface area contributed by atoms with Crippen molar-refractivity contribution in [3.63, 3.8) is 0 Å². The molecule has 3 heterocycles. The molecular formula is C19H29N3O2. The number of pyridine rings is 1. The first-order valence-corrected chi connectivity index (χ1v) is 9.20. The Balaban J connectivity index is 1.45. The number of ether oxygens (including phenoxy) is 1. The number of rotatable bonds is 5. The molecule has 0 N–H and O–H groups in total. The van der Waals surface area contributed by atoms with Crippen LogP contribution in [0.3, 0.4) is 0 Å². The molecule has 1 unspecified atom stereocenters. The molecule has 0 bridgehead atoms. The van der Waals surface area contributed by atoms with E-state index in [9.17, 15) is 4.79 Å². The summed E-state index contributed by atoms with van der Waals surface area (Å²) in [5, 5.41) is 0. The standard InChI is InChI=1S/C19H29N3O2/c1-16-4-5-17(14-20-16)13-18-3-2-7-22(15-18)19(23)6-8-21-9-11-24-12-10-21/h4-5,14,18H,2-3,6-13,15H2,1H3. The van der Waals surface area contributed by atoms with Gasteiger partial charge in [0.1, 0.15) is 0 Å². The summed E-state index contributed by atoms with van der Waals surface area (Å²) < 4.78 is 5.36. The molecule has 5 heteroatoms. The van der Waals surface area contributed by atoms with Gasteiger partial charge in [-0.25, -0.2) is 0 Å². The molecule has 3 rings (SSSR count). The lowest BCUT2D eigenvalue weighted by atomic mass is 9.91.